The number of nitrogens with zero attached hydrogens (tertiary/aromatic N) is 3. The molecule has 0 atom stereocenters. The van der Waals surface area contributed by atoms with E-state index in [1.54, 1.807) is 17.0 Å². The van der Waals surface area contributed by atoms with Crippen molar-refractivity contribution in [1.82, 2.24) is 15.3 Å². The molecule has 0 unspecified atom stereocenters. The Balaban J connectivity index is 1.92. The van der Waals surface area contributed by atoms with E-state index in [-0.39, 0.29) is 16.8 Å². The minimum Gasteiger partial charge on any atom is -0.338 e. The van der Waals surface area contributed by atoms with Gasteiger partial charge in [0.2, 0.25) is 5.95 Å². The Labute approximate surface area is 167 Å². The monoisotopic (exact) mass is 429 g/mol. The summed E-state index contributed by atoms with van der Waals surface area (Å²) in [5.74, 6) is 0.116. The molecular weight excluding hydrogens is 407 g/mol. The van der Waals surface area contributed by atoms with E-state index in [1.807, 2.05) is 18.6 Å². The smallest absolute Gasteiger partial charge is 0.338 e. The maximum Gasteiger partial charge on any atom is 0.435 e. The number of halogens is 3. The van der Waals surface area contributed by atoms with Crippen LogP contribution in [0.5, 0.6) is 0 Å². The van der Waals surface area contributed by atoms with Crippen molar-refractivity contribution in [2.45, 2.75) is 30.8 Å². The lowest BCUT2D eigenvalue weighted by Crippen LogP contribution is -2.44. The fourth-order valence-corrected chi connectivity index (χ4v) is 3.97. The largest absolute Gasteiger partial charge is 0.435 e. The highest BCUT2D eigenvalue weighted by Gasteiger charge is 2.38. The molecule has 0 radical (unpaired) electrons. The fourth-order valence-electron chi connectivity index (χ4n) is 2.92. The second-order valence-electron chi connectivity index (χ2n) is 7.00. The molecule has 1 aliphatic heterocycles. The first-order valence-electron chi connectivity index (χ1n) is 9.10. The van der Waals surface area contributed by atoms with Gasteiger partial charge >= 0.3 is 6.18 Å². The average Bonchev–Trinajstić information content (AvgIpc) is 2.68. The second-order valence-corrected chi connectivity index (χ2v) is 8.68. The van der Waals surface area contributed by atoms with E-state index >= 15 is 0 Å². The van der Waals surface area contributed by atoms with Gasteiger partial charge in [0.1, 0.15) is 0 Å². The quantitative estimate of drug-likeness (QED) is 0.760. The summed E-state index contributed by atoms with van der Waals surface area (Å²) in [7, 11) is -4.23. The van der Waals surface area contributed by atoms with E-state index in [9.17, 15) is 21.6 Å². The molecule has 11 heteroatoms. The molecule has 0 saturated carbocycles. The maximum atomic E-state index is 13.6. The van der Waals surface area contributed by atoms with E-state index in [2.05, 4.69) is 15.3 Å². The zero-order valence-electron chi connectivity index (χ0n) is 16.0. The molecule has 0 aliphatic carbocycles. The Morgan fingerprint density at radius 3 is 2.31 bits per heavy atom. The summed E-state index contributed by atoms with van der Waals surface area (Å²) in [6, 6.07) is 5.99. The average molecular weight is 429 g/mol. The molecule has 158 valence electrons. The van der Waals surface area contributed by atoms with Gasteiger partial charge < -0.3 is 10.2 Å². The fraction of sp³-hybridized carbons (Fsp3) is 0.444. The van der Waals surface area contributed by atoms with E-state index in [0.717, 1.165) is 11.8 Å². The van der Waals surface area contributed by atoms with Crippen LogP contribution in [0.15, 0.2) is 35.4 Å². The minimum absolute atomic E-state index is 0.0805. The van der Waals surface area contributed by atoms with Crippen LogP contribution < -0.4 is 14.9 Å². The lowest BCUT2D eigenvalue weighted by molar-refractivity contribution is -0.140. The molecule has 1 aliphatic rings. The van der Waals surface area contributed by atoms with Crippen molar-refractivity contribution < 1.29 is 21.6 Å². The first kappa shape index (κ1) is 21.3. The Hall–Kier alpha value is -2.40. The molecule has 3 rings (SSSR count). The van der Waals surface area contributed by atoms with Gasteiger partial charge in [-0.1, -0.05) is 26.0 Å². The number of benzene rings is 1. The molecule has 1 fully saturated rings. The number of alkyl halides is 3. The highest BCUT2D eigenvalue weighted by molar-refractivity contribution is 7.92. The third-order valence-corrected chi connectivity index (χ3v) is 5.93. The number of aromatic nitrogens is 2. The molecule has 2 N–H and O–H groups in total. The predicted molar refractivity (Wildman–Crippen MR) is 103 cm³/mol. The predicted octanol–water partition coefficient (Wildman–Crippen LogP) is 2.83. The number of sulfonamides is 1. The van der Waals surface area contributed by atoms with E-state index in [0.29, 0.717) is 26.2 Å². The molecule has 1 aromatic carbocycles. The van der Waals surface area contributed by atoms with Crippen molar-refractivity contribution in [1.29, 1.82) is 0 Å². The molecule has 0 amide bonds. The lowest BCUT2D eigenvalue weighted by atomic mass is 10.0. The molecular formula is C18H22F3N5O2S. The second kappa shape index (κ2) is 8.15. The lowest BCUT2D eigenvalue weighted by Gasteiger charge is -2.28. The van der Waals surface area contributed by atoms with Crippen molar-refractivity contribution in [3.05, 3.63) is 41.7 Å². The van der Waals surface area contributed by atoms with E-state index in [1.165, 1.54) is 12.1 Å². The number of nitrogens with one attached hydrogen (secondary N) is 2. The number of piperazine rings is 1. The van der Waals surface area contributed by atoms with Crippen molar-refractivity contribution in [3.63, 3.8) is 0 Å². The molecule has 2 heterocycles. The third-order valence-electron chi connectivity index (χ3n) is 4.55. The standard InChI is InChI=1S/C18H22F3N5O2S/c1-12(2)13-3-5-14(6-4-13)29(27,28)25-15-11-23-17(24-16(15)18(19,20)21)26-9-7-22-8-10-26/h3-6,11-12,22,25H,7-10H2,1-2H3. The van der Waals surface area contributed by atoms with Gasteiger partial charge in [0.15, 0.2) is 5.69 Å². The summed E-state index contributed by atoms with van der Waals surface area (Å²) in [6.07, 6.45) is -3.97. The number of hydrogen-bond acceptors (Lipinski definition) is 6. The Kier molecular flexibility index (Phi) is 5.99. The van der Waals surface area contributed by atoms with Gasteiger partial charge in [0, 0.05) is 26.2 Å². The summed E-state index contributed by atoms with van der Waals surface area (Å²) in [5.41, 5.74) is -1.10. The van der Waals surface area contributed by atoms with Gasteiger partial charge in [-0.15, -0.1) is 0 Å². The van der Waals surface area contributed by atoms with Crippen LogP contribution >= 0.6 is 0 Å². The van der Waals surface area contributed by atoms with Crippen molar-refractivity contribution in [3.8, 4) is 0 Å². The van der Waals surface area contributed by atoms with Gasteiger partial charge in [-0.05, 0) is 23.6 Å². The molecule has 29 heavy (non-hydrogen) atoms. The van der Waals surface area contributed by atoms with Crippen LogP contribution in [0.2, 0.25) is 0 Å². The van der Waals surface area contributed by atoms with Gasteiger partial charge in [0.25, 0.3) is 10.0 Å². The van der Waals surface area contributed by atoms with Crippen molar-refractivity contribution >= 4 is 21.7 Å². The van der Waals surface area contributed by atoms with Gasteiger partial charge in [-0.2, -0.15) is 13.2 Å². The SMILES string of the molecule is CC(C)c1ccc(S(=O)(=O)Nc2cnc(N3CCNCC3)nc2C(F)(F)F)cc1. The maximum absolute atomic E-state index is 13.6. The van der Waals surface area contributed by atoms with Crippen LogP contribution in [0.25, 0.3) is 0 Å². The van der Waals surface area contributed by atoms with Gasteiger partial charge in [-0.3, -0.25) is 4.72 Å². The van der Waals surface area contributed by atoms with Gasteiger partial charge in [-0.25, -0.2) is 18.4 Å². The summed E-state index contributed by atoms with van der Waals surface area (Å²) >= 11 is 0. The van der Waals surface area contributed by atoms with E-state index < -0.39 is 27.6 Å². The van der Waals surface area contributed by atoms with Crippen LogP contribution in [-0.2, 0) is 16.2 Å². The normalized spacial score (nSPS) is 15.6. The van der Waals surface area contributed by atoms with Gasteiger partial charge in [0.05, 0.1) is 16.8 Å². The number of anilines is 2. The zero-order chi connectivity index (χ0) is 21.2. The highest BCUT2D eigenvalue weighted by atomic mass is 32.2. The third kappa shape index (κ3) is 4.96. The molecule has 1 saturated heterocycles. The Morgan fingerprint density at radius 2 is 1.76 bits per heavy atom. The summed E-state index contributed by atoms with van der Waals surface area (Å²) < 4.78 is 67.9. The molecule has 0 bridgehead atoms. The Morgan fingerprint density at radius 1 is 1.14 bits per heavy atom. The van der Waals surface area contributed by atoms with Crippen LogP contribution in [0.4, 0.5) is 24.8 Å². The molecule has 1 aromatic heterocycles. The first-order valence-corrected chi connectivity index (χ1v) is 10.6. The van der Waals surface area contributed by atoms with Crippen LogP contribution in [-0.4, -0.2) is 44.6 Å². The van der Waals surface area contributed by atoms with E-state index in [4.69, 9.17) is 0 Å². The van der Waals surface area contributed by atoms with Crippen molar-refractivity contribution in [2.24, 2.45) is 0 Å². The van der Waals surface area contributed by atoms with Crippen LogP contribution in [0.1, 0.15) is 31.0 Å². The van der Waals surface area contributed by atoms with Crippen molar-refractivity contribution in [2.75, 3.05) is 35.8 Å². The molecule has 7 nitrogen and oxygen atoms in total. The molecule has 2 aromatic rings. The topological polar surface area (TPSA) is 87.2 Å². The first-order chi connectivity index (χ1) is 13.6. The highest BCUT2D eigenvalue weighted by Crippen LogP contribution is 2.35. The summed E-state index contributed by atoms with van der Waals surface area (Å²) in [4.78, 5) is 9.05. The van der Waals surface area contributed by atoms with Crippen LogP contribution in [0, 0.1) is 0 Å². The zero-order valence-corrected chi connectivity index (χ0v) is 16.8. The summed E-state index contributed by atoms with van der Waals surface area (Å²) in [5, 5.41) is 3.09. The number of hydrogen-bond donors (Lipinski definition) is 2. The Bertz CT molecular complexity index is 956. The molecule has 0 spiro atoms. The number of rotatable bonds is 5. The minimum atomic E-state index is -4.84. The van der Waals surface area contributed by atoms with Crippen LogP contribution in [0.3, 0.4) is 0 Å². The summed E-state index contributed by atoms with van der Waals surface area (Å²) in [6.45, 7) is 6.04.